The smallest absolute Gasteiger partial charge is 0.333 e. The van der Waals surface area contributed by atoms with Crippen LogP contribution in [0.25, 0.3) is 0 Å². The summed E-state index contributed by atoms with van der Waals surface area (Å²) in [6.45, 7) is 4.90. The van der Waals surface area contributed by atoms with Crippen LogP contribution in [0, 0.1) is 0 Å². The molecule has 0 rings (SSSR count). The monoisotopic (exact) mass is 186 g/mol. The SMILES string of the molecule is CC=C(C)C(=O)OCC[N+](C)(C)C. The number of nitrogens with zero attached hydrogens (tertiary/aromatic N) is 1. The fourth-order valence-corrected chi connectivity index (χ4v) is 0.644. The van der Waals surface area contributed by atoms with Crippen LogP contribution in [0.1, 0.15) is 13.8 Å². The molecule has 0 saturated carbocycles. The molecule has 0 fully saturated rings. The Balaban J connectivity index is 3.73. The molecule has 0 bridgehead atoms. The highest BCUT2D eigenvalue weighted by molar-refractivity contribution is 5.87. The van der Waals surface area contributed by atoms with Crippen molar-refractivity contribution in [3.05, 3.63) is 11.6 Å². The van der Waals surface area contributed by atoms with Crippen molar-refractivity contribution in [2.75, 3.05) is 34.3 Å². The number of allylic oxidation sites excluding steroid dienone is 1. The Morgan fingerprint density at radius 1 is 1.38 bits per heavy atom. The minimum atomic E-state index is -0.212. The molecular weight excluding hydrogens is 166 g/mol. The van der Waals surface area contributed by atoms with Gasteiger partial charge < -0.3 is 9.22 Å². The van der Waals surface area contributed by atoms with Crippen molar-refractivity contribution in [1.29, 1.82) is 0 Å². The average Bonchev–Trinajstić information content (AvgIpc) is 2.00. The van der Waals surface area contributed by atoms with Gasteiger partial charge in [-0.1, -0.05) is 6.08 Å². The molecule has 76 valence electrons. The molecular formula is C10H20NO2+. The molecule has 13 heavy (non-hydrogen) atoms. The summed E-state index contributed by atoms with van der Waals surface area (Å²) in [5.41, 5.74) is 0.668. The Hall–Kier alpha value is -0.830. The van der Waals surface area contributed by atoms with Crippen LogP contribution in [-0.4, -0.2) is 44.7 Å². The molecule has 0 N–H and O–H groups in total. The largest absolute Gasteiger partial charge is 0.456 e. The molecule has 0 unspecified atom stereocenters. The normalized spacial score (nSPS) is 12.8. The number of hydrogen-bond donors (Lipinski definition) is 0. The van der Waals surface area contributed by atoms with Crippen LogP contribution in [0.5, 0.6) is 0 Å². The zero-order valence-corrected chi connectivity index (χ0v) is 9.26. The summed E-state index contributed by atoms with van der Waals surface area (Å²) in [4.78, 5) is 11.2. The van der Waals surface area contributed by atoms with Crippen LogP contribution in [0.3, 0.4) is 0 Å². The zero-order chi connectivity index (χ0) is 10.5. The first-order chi connectivity index (χ1) is 5.87. The van der Waals surface area contributed by atoms with Crippen LogP contribution < -0.4 is 0 Å². The Labute approximate surface area is 80.6 Å². The fraction of sp³-hybridized carbons (Fsp3) is 0.700. The molecule has 0 saturated heterocycles. The molecule has 3 nitrogen and oxygen atoms in total. The van der Waals surface area contributed by atoms with Crippen molar-refractivity contribution in [1.82, 2.24) is 0 Å². The molecule has 0 aliphatic rings. The summed E-state index contributed by atoms with van der Waals surface area (Å²) in [7, 11) is 6.20. The van der Waals surface area contributed by atoms with E-state index in [4.69, 9.17) is 4.74 Å². The van der Waals surface area contributed by atoms with E-state index in [9.17, 15) is 4.79 Å². The molecule has 0 amide bonds. The van der Waals surface area contributed by atoms with Gasteiger partial charge in [-0.25, -0.2) is 4.79 Å². The van der Waals surface area contributed by atoms with Crippen molar-refractivity contribution in [3.63, 3.8) is 0 Å². The average molecular weight is 186 g/mol. The topological polar surface area (TPSA) is 26.3 Å². The quantitative estimate of drug-likeness (QED) is 0.374. The van der Waals surface area contributed by atoms with E-state index in [-0.39, 0.29) is 5.97 Å². The minimum Gasteiger partial charge on any atom is -0.456 e. The molecule has 0 aromatic carbocycles. The third-order valence-corrected chi connectivity index (χ3v) is 1.75. The fourth-order valence-electron chi connectivity index (χ4n) is 0.644. The molecule has 0 atom stereocenters. The van der Waals surface area contributed by atoms with Crippen molar-refractivity contribution >= 4 is 5.97 Å². The molecule has 0 radical (unpaired) electrons. The maximum Gasteiger partial charge on any atom is 0.333 e. The number of carbonyl (C=O) groups excluding carboxylic acids is 1. The molecule has 0 aromatic heterocycles. The van der Waals surface area contributed by atoms with E-state index in [1.165, 1.54) is 0 Å². The number of esters is 1. The van der Waals surface area contributed by atoms with Gasteiger partial charge in [0.1, 0.15) is 13.2 Å². The Kier molecular flexibility index (Phi) is 4.70. The number of rotatable bonds is 4. The molecule has 0 spiro atoms. The Morgan fingerprint density at radius 2 is 1.92 bits per heavy atom. The summed E-state index contributed by atoms with van der Waals surface area (Å²) in [6, 6.07) is 0. The number of quaternary nitrogens is 1. The van der Waals surface area contributed by atoms with Gasteiger partial charge in [-0.05, 0) is 13.8 Å². The van der Waals surface area contributed by atoms with Crippen LogP contribution in [0.15, 0.2) is 11.6 Å². The molecule has 0 heterocycles. The highest BCUT2D eigenvalue weighted by Crippen LogP contribution is 1.97. The van der Waals surface area contributed by atoms with Crippen molar-refractivity contribution < 1.29 is 14.0 Å². The van der Waals surface area contributed by atoms with Crippen LogP contribution in [-0.2, 0) is 9.53 Å². The summed E-state index contributed by atoms with van der Waals surface area (Å²) >= 11 is 0. The van der Waals surface area contributed by atoms with Gasteiger partial charge in [-0.15, -0.1) is 0 Å². The van der Waals surface area contributed by atoms with Gasteiger partial charge in [0.2, 0.25) is 0 Å². The summed E-state index contributed by atoms with van der Waals surface area (Å²) in [5.74, 6) is -0.212. The predicted octanol–water partition coefficient (Wildman–Crippen LogP) is 1.20. The van der Waals surface area contributed by atoms with Crippen LogP contribution in [0.2, 0.25) is 0 Å². The second-order valence-corrected chi connectivity index (χ2v) is 4.12. The second kappa shape index (κ2) is 5.02. The van der Waals surface area contributed by atoms with Crippen LogP contribution >= 0.6 is 0 Å². The van der Waals surface area contributed by atoms with Gasteiger partial charge in [0, 0.05) is 5.57 Å². The highest BCUT2D eigenvalue weighted by atomic mass is 16.5. The maximum atomic E-state index is 11.2. The lowest BCUT2D eigenvalue weighted by Crippen LogP contribution is -2.38. The minimum absolute atomic E-state index is 0.212. The van der Waals surface area contributed by atoms with E-state index >= 15 is 0 Å². The van der Waals surface area contributed by atoms with Crippen molar-refractivity contribution in [2.45, 2.75) is 13.8 Å². The van der Waals surface area contributed by atoms with Gasteiger partial charge in [0.25, 0.3) is 0 Å². The van der Waals surface area contributed by atoms with E-state index in [1.54, 1.807) is 13.0 Å². The first-order valence-corrected chi connectivity index (χ1v) is 4.47. The Morgan fingerprint density at radius 3 is 2.31 bits per heavy atom. The molecule has 0 aliphatic carbocycles. The molecule has 0 aromatic rings. The number of carbonyl (C=O) groups is 1. The van der Waals surface area contributed by atoms with E-state index in [2.05, 4.69) is 21.1 Å². The highest BCUT2D eigenvalue weighted by Gasteiger charge is 2.09. The number of ether oxygens (including phenoxy) is 1. The maximum absolute atomic E-state index is 11.2. The van der Waals surface area contributed by atoms with E-state index in [1.807, 2.05) is 6.92 Å². The first-order valence-electron chi connectivity index (χ1n) is 4.47. The lowest BCUT2D eigenvalue weighted by Gasteiger charge is -2.23. The summed E-state index contributed by atoms with van der Waals surface area (Å²) in [6.07, 6.45) is 1.76. The first kappa shape index (κ1) is 12.2. The standard InChI is InChI=1S/C10H20NO2/c1-6-9(2)10(12)13-8-7-11(3,4)5/h6H,7-8H2,1-5H3/q+1. The summed E-state index contributed by atoms with van der Waals surface area (Å²) < 4.78 is 5.86. The molecule has 0 aliphatic heterocycles. The lowest BCUT2D eigenvalue weighted by atomic mass is 10.3. The van der Waals surface area contributed by atoms with Gasteiger partial charge in [-0.3, -0.25) is 0 Å². The van der Waals surface area contributed by atoms with Gasteiger partial charge in [0.15, 0.2) is 0 Å². The lowest BCUT2D eigenvalue weighted by molar-refractivity contribution is -0.870. The Bertz CT molecular complexity index is 201. The van der Waals surface area contributed by atoms with E-state index in [0.717, 1.165) is 11.0 Å². The van der Waals surface area contributed by atoms with E-state index < -0.39 is 0 Å². The van der Waals surface area contributed by atoms with Crippen molar-refractivity contribution in [3.8, 4) is 0 Å². The number of hydrogen-bond acceptors (Lipinski definition) is 2. The van der Waals surface area contributed by atoms with Gasteiger partial charge in [-0.2, -0.15) is 0 Å². The third-order valence-electron chi connectivity index (χ3n) is 1.75. The predicted molar refractivity (Wildman–Crippen MR) is 53.3 cm³/mol. The van der Waals surface area contributed by atoms with E-state index in [0.29, 0.717) is 12.2 Å². The van der Waals surface area contributed by atoms with Crippen LogP contribution in [0.4, 0.5) is 0 Å². The summed E-state index contributed by atoms with van der Waals surface area (Å²) in [5, 5.41) is 0. The third kappa shape index (κ3) is 6.34. The molecule has 3 heteroatoms. The van der Waals surface area contributed by atoms with Gasteiger partial charge in [0.05, 0.1) is 21.1 Å². The second-order valence-electron chi connectivity index (χ2n) is 4.12. The van der Waals surface area contributed by atoms with Crippen molar-refractivity contribution in [2.24, 2.45) is 0 Å². The van der Waals surface area contributed by atoms with Gasteiger partial charge >= 0.3 is 5.97 Å². The number of likely N-dealkylation sites (N-methyl/N-ethyl adjacent to an activating group) is 1. The zero-order valence-electron chi connectivity index (χ0n) is 9.26.